The number of nitrogens with two attached hydrogens (primary N) is 1. The van der Waals surface area contributed by atoms with Crippen molar-refractivity contribution in [3.8, 4) is 0 Å². The lowest BCUT2D eigenvalue weighted by Crippen LogP contribution is -2.51. The summed E-state index contributed by atoms with van der Waals surface area (Å²) in [5.74, 6) is -0.692. The van der Waals surface area contributed by atoms with Gasteiger partial charge in [0.15, 0.2) is 0 Å². The van der Waals surface area contributed by atoms with Crippen molar-refractivity contribution < 1.29 is 18.0 Å². The van der Waals surface area contributed by atoms with E-state index in [1.54, 1.807) is 14.1 Å². The van der Waals surface area contributed by atoms with Crippen molar-refractivity contribution in [3.05, 3.63) is 0 Å². The maximum Gasteiger partial charge on any atom is 0.409 e. The monoisotopic (exact) mass is 213 g/mol. The highest BCUT2D eigenvalue weighted by Crippen LogP contribution is 2.19. The van der Waals surface area contributed by atoms with E-state index < -0.39 is 24.7 Å². The Kier molecular flexibility index (Phi) is 4.86. The van der Waals surface area contributed by atoms with E-state index in [-0.39, 0.29) is 6.54 Å². The Morgan fingerprint density at radius 3 is 2.29 bits per heavy atom. The van der Waals surface area contributed by atoms with Crippen LogP contribution in [0.3, 0.4) is 0 Å². The second-order valence-corrected chi connectivity index (χ2v) is 3.14. The van der Waals surface area contributed by atoms with E-state index in [1.807, 2.05) is 5.32 Å². The van der Waals surface area contributed by atoms with Gasteiger partial charge in [0.25, 0.3) is 0 Å². The van der Waals surface area contributed by atoms with Gasteiger partial charge in [-0.1, -0.05) is 0 Å². The summed E-state index contributed by atoms with van der Waals surface area (Å²) in [4.78, 5) is 12.4. The summed E-state index contributed by atoms with van der Waals surface area (Å²) >= 11 is 0. The largest absolute Gasteiger partial charge is 0.409 e. The Bertz CT molecular complexity index is 193. The number of likely N-dealkylation sites (N-methyl/N-ethyl adjacent to an activating group) is 1. The molecule has 0 fully saturated rings. The van der Waals surface area contributed by atoms with E-state index in [0.29, 0.717) is 0 Å². The lowest BCUT2D eigenvalue weighted by molar-refractivity contribution is -0.159. The second-order valence-electron chi connectivity index (χ2n) is 3.14. The molecule has 0 aromatic rings. The quantitative estimate of drug-likeness (QED) is 0.665. The van der Waals surface area contributed by atoms with Gasteiger partial charge >= 0.3 is 6.18 Å². The molecule has 1 atom stereocenters. The molecule has 0 saturated heterocycles. The van der Waals surface area contributed by atoms with Gasteiger partial charge < -0.3 is 16.0 Å². The van der Waals surface area contributed by atoms with Crippen molar-refractivity contribution in [1.82, 2.24) is 10.2 Å². The van der Waals surface area contributed by atoms with Crippen LogP contribution < -0.4 is 11.1 Å². The number of halogens is 3. The van der Waals surface area contributed by atoms with E-state index in [4.69, 9.17) is 5.73 Å². The molecule has 0 saturated carbocycles. The molecule has 0 bridgehead atoms. The van der Waals surface area contributed by atoms with Crippen molar-refractivity contribution in [2.75, 3.05) is 27.2 Å². The fourth-order valence-corrected chi connectivity index (χ4v) is 0.802. The molecule has 0 spiro atoms. The van der Waals surface area contributed by atoms with E-state index in [1.165, 1.54) is 4.90 Å². The normalized spacial score (nSPS) is 14.2. The second kappa shape index (κ2) is 5.16. The van der Waals surface area contributed by atoms with Crippen LogP contribution in [0, 0.1) is 0 Å². The van der Waals surface area contributed by atoms with E-state index >= 15 is 0 Å². The number of nitrogens with zero attached hydrogens (tertiary/aromatic N) is 1. The fourth-order valence-electron chi connectivity index (χ4n) is 0.802. The summed E-state index contributed by atoms with van der Waals surface area (Å²) < 4.78 is 36.3. The van der Waals surface area contributed by atoms with Gasteiger partial charge in [-0.2, -0.15) is 13.2 Å². The zero-order valence-corrected chi connectivity index (χ0v) is 8.06. The Labute approximate surface area is 80.2 Å². The van der Waals surface area contributed by atoms with Crippen LogP contribution in [0.5, 0.6) is 0 Å². The summed E-state index contributed by atoms with van der Waals surface area (Å²) in [6.45, 7) is -0.741. The summed E-state index contributed by atoms with van der Waals surface area (Å²) in [7, 11) is 3.18. The van der Waals surface area contributed by atoms with Crippen LogP contribution >= 0.6 is 0 Å². The molecule has 1 unspecified atom stereocenters. The molecule has 0 heterocycles. The van der Waals surface area contributed by atoms with Gasteiger partial charge in [0.05, 0.1) is 6.54 Å². The minimum absolute atomic E-state index is 0.0907. The molecule has 0 aliphatic rings. The van der Waals surface area contributed by atoms with Crippen LogP contribution in [0.25, 0.3) is 0 Å². The SMILES string of the molecule is CN(C)CC(=O)NC(CN)C(F)(F)F. The number of carbonyl (C=O) groups excluding carboxylic acids is 1. The molecule has 1 amide bonds. The Hall–Kier alpha value is -0.820. The van der Waals surface area contributed by atoms with Gasteiger partial charge in [-0.05, 0) is 14.1 Å². The Morgan fingerprint density at radius 1 is 1.50 bits per heavy atom. The lowest BCUT2D eigenvalue weighted by Gasteiger charge is -2.20. The third-order valence-electron chi connectivity index (χ3n) is 1.43. The maximum atomic E-state index is 12.1. The van der Waals surface area contributed by atoms with Gasteiger partial charge in [-0.25, -0.2) is 0 Å². The minimum atomic E-state index is -4.49. The predicted octanol–water partition coefficient (Wildman–Crippen LogP) is -0.446. The molecular weight excluding hydrogens is 199 g/mol. The van der Waals surface area contributed by atoms with Crippen LogP contribution in [0.2, 0.25) is 0 Å². The molecule has 0 aromatic heterocycles. The first kappa shape index (κ1) is 13.2. The topological polar surface area (TPSA) is 58.4 Å². The zero-order chi connectivity index (χ0) is 11.4. The summed E-state index contributed by atoms with van der Waals surface area (Å²) in [5, 5.41) is 1.81. The molecule has 3 N–H and O–H groups in total. The average molecular weight is 213 g/mol. The summed E-state index contributed by atoms with van der Waals surface area (Å²) in [6.07, 6.45) is -4.49. The molecule has 14 heavy (non-hydrogen) atoms. The highest BCUT2D eigenvalue weighted by atomic mass is 19.4. The highest BCUT2D eigenvalue weighted by Gasteiger charge is 2.39. The fraction of sp³-hybridized carbons (Fsp3) is 0.857. The molecule has 7 heteroatoms. The van der Waals surface area contributed by atoms with Gasteiger partial charge in [0, 0.05) is 6.54 Å². The molecule has 0 radical (unpaired) electrons. The van der Waals surface area contributed by atoms with Crippen LogP contribution in [0.4, 0.5) is 13.2 Å². The molecule has 0 aliphatic carbocycles. The van der Waals surface area contributed by atoms with Crippen LogP contribution in [0.15, 0.2) is 0 Å². The van der Waals surface area contributed by atoms with E-state index in [0.717, 1.165) is 0 Å². The number of hydrogen-bond acceptors (Lipinski definition) is 3. The van der Waals surface area contributed by atoms with Gasteiger partial charge in [-0.3, -0.25) is 4.79 Å². The van der Waals surface area contributed by atoms with Gasteiger partial charge in [0.2, 0.25) is 5.91 Å². The van der Waals surface area contributed by atoms with Crippen LogP contribution in [-0.4, -0.2) is 50.2 Å². The highest BCUT2D eigenvalue weighted by molar-refractivity contribution is 5.78. The first-order valence-corrected chi connectivity index (χ1v) is 3.98. The molecule has 84 valence electrons. The molecular formula is C7H14F3N3O. The van der Waals surface area contributed by atoms with Gasteiger partial charge in [0.1, 0.15) is 6.04 Å². The number of nitrogens with one attached hydrogen (secondary N) is 1. The Morgan fingerprint density at radius 2 is 2.00 bits per heavy atom. The van der Waals surface area contributed by atoms with Crippen molar-refractivity contribution in [2.24, 2.45) is 5.73 Å². The minimum Gasteiger partial charge on any atom is -0.342 e. The van der Waals surface area contributed by atoms with E-state index in [2.05, 4.69) is 0 Å². The predicted molar refractivity (Wildman–Crippen MR) is 45.6 cm³/mol. The average Bonchev–Trinajstić information content (AvgIpc) is 1.96. The molecule has 0 rings (SSSR count). The zero-order valence-electron chi connectivity index (χ0n) is 8.06. The summed E-state index contributed by atoms with van der Waals surface area (Å²) in [6, 6.07) is -1.96. The lowest BCUT2D eigenvalue weighted by atomic mass is 10.3. The van der Waals surface area contributed by atoms with Crippen molar-refractivity contribution in [1.29, 1.82) is 0 Å². The van der Waals surface area contributed by atoms with Crippen molar-refractivity contribution in [2.45, 2.75) is 12.2 Å². The molecule has 0 aromatic carbocycles. The molecule has 0 aliphatic heterocycles. The summed E-state index contributed by atoms with van der Waals surface area (Å²) in [5.41, 5.74) is 4.89. The van der Waals surface area contributed by atoms with Crippen molar-refractivity contribution >= 4 is 5.91 Å². The van der Waals surface area contributed by atoms with Crippen LogP contribution in [-0.2, 0) is 4.79 Å². The first-order valence-electron chi connectivity index (χ1n) is 3.98. The number of amides is 1. The number of rotatable bonds is 4. The standard InChI is InChI=1S/C7H14F3N3O/c1-13(2)4-6(14)12-5(3-11)7(8,9)10/h5H,3-4,11H2,1-2H3,(H,12,14). The van der Waals surface area contributed by atoms with Crippen molar-refractivity contribution in [3.63, 3.8) is 0 Å². The third-order valence-corrected chi connectivity index (χ3v) is 1.43. The van der Waals surface area contributed by atoms with Gasteiger partial charge in [-0.15, -0.1) is 0 Å². The molecule has 4 nitrogen and oxygen atoms in total. The maximum absolute atomic E-state index is 12.1. The number of carbonyl (C=O) groups is 1. The third kappa shape index (κ3) is 5.03. The van der Waals surface area contributed by atoms with E-state index in [9.17, 15) is 18.0 Å². The first-order chi connectivity index (χ1) is 6.27. The smallest absolute Gasteiger partial charge is 0.342 e. The number of alkyl halides is 3. The van der Waals surface area contributed by atoms with Crippen LogP contribution in [0.1, 0.15) is 0 Å². The number of hydrogen-bond donors (Lipinski definition) is 2. The Balaban J connectivity index is 4.13.